The molecule has 0 bridgehead atoms. The zero-order valence-corrected chi connectivity index (χ0v) is 19.4. The van der Waals surface area contributed by atoms with E-state index < -0.39 is 10.8 Å². The molecule has 0 heterocycles. The lowest BCUT2D eigenvalue weighted by atomic mass is 9.95. The minimum atomic E-state index is -0.682. The summed E-state index contributed by atoms with van der Waals surface area (Å²) in [6.07, 6.45) is 5.43. The fourth-order valence-electron chi connectivity index (χ4n) is 3.05. The van der Waals surface area contributed by atoms with Crippen LogP contribution >= 0.6 is 24.0 Å². The molecular formula is C17H37IN4O2S. The highest BCUT2D eigenvalue weighted by atomic mass is 127. The van der Waals surface area contributed by atoms with Crippen molar-refractivity contribution in [1.82, 2.24) is 15.5 Å². The summed E-state index contributed by atoms with van der Waals surface area (Å²) in [7, 11) is 4.97. The quantitative estimate of drug-likeness (QED) is 0.213. The van der Waals surface area contributed by atoms with Crippen molar-refractivity contribution in [1.29, 1.82) is 0 Å². The molecule has 0 radical (unpaired) electrons. The van der Waals surface area contributed by atoms with Crippen molar-refractivity contribution in [3.63, 3.8) is 0 Å². The molecule has 150 valence electrons. The van der Waals surface area contributed by atoms with Gasteiger partial charge in [0, 0.05) is 55.1 Å². The molecule has 1 fully saturated rings. The molecule has 3 unspecified atom stereocenters. The van der Waals surface area contributed by atoms with Gasteiger partial charge in [-0.25, -0.2) is 0 Å². The van der Waals surface area contributed by atoms with E-state index in [0.29, 0.717) is 11.3 Å². The van der Waals surface area contributed by atoms with Crippen LogP contribution in [0, 0.1) is 0 Å². The molecule has 25 heavy (non-hydrogen) atoms. The lowest BCUT2D eigenvalue weighted by Gasteiger charge is -2.30. The van der Waals surface area contributed by atoms with Crippen LogP contribution < -0.4 is 10.6 Å². The second-order valence-corrected chi connectivity index (χ2v) is 8.45. The molecule has 0 saturated heterocycles. The number of methoxy groups -OCH3 is 1. The van der Waals surface area contributed by atoms with E-state index in [-0.39, 0.29) is 24.0 Å². The van der Waals surface area contributed by atoms with Crippen molar-refractivity contribution in [2.24, 2.45) is 4.99 Å². The summed E-state index contributed by atoms with van der Waals surface area (Å²) < 4.78 is 17.1. The summed E-state index contributed by atoms with van der Waals surface area (Å²) in [6, 6.07) is 0.384. The highest BCUT2D eigenvalue weighted by molar-refractivity contribution is 14.0. The van der Waals surface area contributed by atoms with Crippen molar-refractivity contribution in [2.45, 2.75) is 50.3 Å². The van der Waals surface area contributed by atoms with Crippen LogP contribution in [-0.2, 0) is 15.5 Å². The number of guanidine groups is 1. The monoisotopic (exact) mass is 488 g/mol. The number of halogens is 1. The van der Waals surface area contributed by atoms with E-state index in [1.165, 1.54) is 0 Å². The number of rotatable bonds is 10. The standard InChI is InChI=1S/C17H36N4O2S.HI/c1-5-24(22)16-9-6-8-15(14-16)20-17(18-2)19-10-7-11-21(3)12-13-23-4;/h15-16H,5-14H2,1-4H3,(H2,18,19,20);1H. The first-order chi connectivity index (χ1) is 11.6. The van der Waals surface area contributed by atoms with Crippen molar-refractivity contribution in [2.75, 3.05) is 53.2 Å². The average Bonchev–Trinajstić information content (AvgIpc) is 2.61. The molecule has 0 aromatic carbocycles. The molecule has 1 aliphatic carbocycles. The van der Waals surface area contributed by atoms with Gasteiger partial charge in [-0.1, -0.05) is 13.3 Å². The van der Waals surface area contributed by atoms with Crippen molar-refractivity contribution < 1.29 is 8.95 Å². The second-order valence-electron chi connectivity index (χ2n) is 6.45. The smallest absolute Gasteiger partial charge is 0.191 e. The first-order valence-electron chi connectivity index (χ1n) is 9.12. The first-order valence-corrected chi connectivity index (χ1v) is 10.5. The Labute approximate surface area is 173 Å². The molecule has 1 aliphatic rings. The Morgan fingerprint density at radius 2 is 2.12 bits per heavy atom. The fraction of sp³-hybridized carbons (Fsp3) is 0.941. The van der Waals surface area contributed by atoms with Crippen LogP contribution in [0.1, 0.15) is 39.0 Å². The minimum absolute atomic E-state index is 0. The van der Waals surface area contributed by atoms with Crippen molar-refractivity contribution in [3.05, 3.63) is 0 Å². The number of ether oxygens (including phenoxy) is 1. The Balaban J connectivity index is 0.00000576. The average molecular weight is 488 g/mol. The lowest BCUT2D eigenvalue weighted by molar-refractivity contribution is 0.161. The Bertz CT molecular complexity index is 399. The first kappa shape index (κ1) is 25.1. The van der Waals surface area contributed by atoms with E-state index in [9.17, 15) is 4.21 Å². The van der Waals surface area contributed by atoms with Gasteiger partial charge in [-0.15, -0.1) is 24.0 Å². The molecule has 0 aliphatic heterocycles. The van der Waals surface area contributed by atoms with E-state index >= 15 is 0 Å². The molecular weight excluding hydrogens is 451 g/mol. The third-order valence-corrected chi connectivity index (χ3v) is 6.27. The minimum Gasteiger partial charge on any atom is -0.383 e. The summed E-state index contributed by atoms with van der Waals surface area (Å²) in [5, 5.41) is 7.24. The topological polar surface area (TPSA) is 66.0 Å². The van der Waals surface area contributed by atoms with Crippen LogP contribution in [0.4, 0.5) is 0 Å². The molecule has 0 spiro atoms. The Kier molecular flexibility index (Phi) is 15.2. The van der Waals surface area contributed by atoms with Crippen LogP contribution in [0.2, 0.25) is 0 Å². The van der Waals surface area contributed by atoms with Gasteiger partial charge in [-0.2, -0.15) is 0 Å². The van der Waals surface area contributed by atoms with Crippen LogP contribution in [0.5, 0.6) is 0 Å². The normalized spacial score (nSPS) is 22.4. The summed E-state index contributed by atoms with van der Waals surface area (Å²) in [5.74, 6) is 1.63. The van der Waals surface area contributed by atoms with E-state index in [1.54, 1.807) is 7.11 Å². The molecule has 3 atom stereocenters. The number of aliphatic imine (C=N–C) groups is 1. The van der Waals surface area contributed by atoms with Gasteiger partial charge in [-0.3, -0.25) is 9.20 Å². The summed E-state index contributed by atoms with van der Waals surface area (Å²) >= 11 is 0. The number of hydrogen-bond acceptors (Lipinski definition) is 4. The molecule has 0 aromatic heterocycles. The number of nitrogens with one attached hydrogen (secondary N) is 2. The summed E-state index contributed by atoms with van der Waals surface area (Å²) in [4.78, 5) is 6.59. The number of hydrogen-bond donors (Lipinski definition) is 2. The largest absolute Gasteiger partial charge is 0.383 e. The van der Waals surface area contributed by atoms with Gasteiger partial charge in [0.2, 0.25) is 0 Å². The summed E-state index contributed by atoms with van der Waals surface area (Å²) in [6.45, 7) is 5.68. The molecule has 8 heteroatoms. The van der Waals surface area contributed by atoms with Crippen LogP contribution in [-0.4, -0.2) is 79.6 Å². The third-order valence-electron chi connectivity index (χ3n) is 4.53. The van der Waals surface area contributed by atoms with Gasteiger partial charge in [0.25, 0.3) is 0 Å². The number of nitrogens with zero attached hydrogens (tertiary/aromatic N) is 2. The van der Waals surface area contributed by atoms with Gasteiger partial charge in [0.1, 0.15) is 0 Å². The Morgan fingerprint density at radius 1 is 1.36 bits per heavy atom. The van der Waals surface area contributed by atoms with Crippen LogP contribution in [0.25, 0.3) is 0 Å². The predicted molar refractivity (Wildman–Crippen MR) is 119 cm³/mol. The number of likely N-dealkylation sites (N-methyl/N-ethyl adjacent to an activating group) is 1. The maximum absolute atomic E-state index is 12.0. The van der Waals surface area contributed by atoms with Crippen LogP contribution in [0.3, 0.4) is 0 Å². The summed E-state index contributed by atoms with van der Waals surface area (Å²) in [5.41, 5.74) is 0. The highest BCUT2D eigenvalue weighted by Gasteiger charge is 2.25. The zero-order valence-electron chi connectivity index (χ0n) is 16.3. The SMILES string of the molecule is CCS(=O)C1CCCC(NC(=NC)NCCCN(C)CCOC)C1.I. The molecule has 1 rings (SSSR count). The predicted octanol–water partition coefficient (Wildman–Crippen LogP) is 1.82. The van der Waals surface area contributed by atoms with Gasteiger partial charge in [0.15, 0.2) is 5.96 Å². The molecule has 0 aromatic rings. The molecule has 0 amide bonds. The molecule has 2 N–H and O–H groups in total. The van der Waals surface area contributed by atoms with Crippen LogP contribution in [0.15, 0.2) is 4.99 Å². The Hall–Kier alpha value is 0.0700. The van der Waals surface area contributed by atoms with E-state index in [1.807, 2.05) is 14.0 Å². The Morgan fingerprint density at radius 3 is 2.76 bits per heavy atom. The van der Waals surface area contributed by atoms with E-state index in [2.05, 4.69) is 27.6 Å². The second kappa shape index (κ2) is 15.2. The molecule has 1 saturated carbocycles. The maximum Gasteiger partial charge on any atom is 0.191 e. The van der Waals surface area contributed by atoms with Gasteiger partial charge < -0.3 is 20.3 Å². The van der Waals surface area contributed by atoms with Crippen molar-refractivity contribution >= 4 is 40.7 Å². The van der Waals surface area contributed by atoms with E-state index in [4.69, 9.17) is 4.74 Å². The van der Waals surface area contributed by atoms with Gasteiger partial charge in [-0.05, 0) is 39.3 Å². The molecule has 6 nitrogen and oxygen atoms in total. The van der Waals surface area contributed by atoms with Crippen molar-refractivity contribution in [3.8, 4) is 0 Å². The zero-order chi connectivity index (χ0) is 17.8. The van der Waals surface area contributed by atoms with Gasteiger partial charge in [0.05, 0.1) is 6.61 Å². The van der Waals surface area contributed by atoms with Gasteiger partial charge >= 0.3 is 0 Å². The van der Waals surface area contributed by atoms with E-state index in [0.717, 1.165) is 70.1 Å². The third kappa shape index (κ3) is 10.7. The highest BCUT2D eigenvalue weighted by Crippen LogP contribution is 2.22. The fourth-order valence-corrected chi connectivity index (χ4v) is 4.40. The lowest BCUT2D eigenvalue weighted by Crippen LogP contribution is -2.47. The maximum atomic E-state index is 12.0.